The van der Waals surface area contributed by atoms with E-state index >= 15 is 0 Å². The molecule has 2 heterocycles. The summed E-state index contributed by atoms with van der Waals surface area (Å²) < 4.78 is 6.85. The van der Waals surface area contributed by atoms with Crippen LogP contribution in [0.5, 0.6) is 5.75 Å². The Morgan fingerprint density at radius 1 is 0.947 bits per heavy atom. The third kappa shape index (κ3) is 4.99. The summed E-state index contributed by atoms with van der Waals surface area (Å²) in [7, 11) is 1.59. The molecular formula is C29H26ClN5O3. The van der Waals surface area contributed by atoms with Crippen LogP contribution < -0.4 is 20.7 Å². The van der Waals surface area contributed by atoms with Gasteiger partial charge in [0.2, 0.25) is 0 Å². The number of anilines is 3. The molecule has 0 saturated carbocycles. The molecule has 1 aliphatic heterocycles. The summed E-state index contributed by atoms with van der Waals surface area (Å²) in [6.45, 7) is 3.76. The SMILES string of the molecule is COc1ccc(NC(=O)C2=C(C)Nc3c(C(=O)Nc4cccc(C)c4)cnn3[C@H]2c2cccc(Cl)c2)cc1. The number of nitrogens with one attached hydrogen (secondary N) is 3. The number of ether oxygens (including phenoxy) is 1. The van der Waals surface area contributed by atoms with Crippen LogP contribution in [0.2, 0.25) is 5.02 Å². The van der Waals surface area contributed by atoms with E-state index in [2.05, 4.69) is 21.0 Å². The molecule has 2 amide bonds. The van der Waals surface area contributed by atoms with E-state index in [0.29, 0.717) is 44.8 Å². The quantitative estimate of drug-likeness (QED) is 0.284. The molecule has 0 spiro atoms. The smallest absolute Gasteiger partial charge is 0.261 e. The number of rotatable bonds is 6. The first kappa shape index (κ1) is 25.1. The van der Waals surface area contributed by atoms with Crippen LogP contribution in [0.3, 0.4) is 0 Å². The summed E-state index contributed by atoms with van der Waals surface area (Å²) in [6.07, 6.45) is 1.50. The summed E-state index contributed by atoms with van der Waals surface area (Å²) >= 11 is 6.33. The molecule has 0 radical (unpaired) electrons. The number of amides is 2. The van der Waals surface area contributed by atoms with E-state index in [1.807, 2.05) is 43.3 Å². The second-order valence-electron chi connectivity index (χ2n) is 8.98. The highest BCUT2D eigenvalue weighted by Crippen LogP contribution is 2.38. The monoisotopic (exact) mass is 527 g/mol. The molecule has 3 N–H and O–H groups in total. The van der Waals surface area contributed by atoms with Crippen LogP contribution in [0.4, 0.5) is 17.2 Å². The van der Waals surface area contributed by atoms with Gasteiger partial charge in [-0.2, -0.15) is 5.10 Å². The van der Waals surface area contributed by atoms with Crippen LogP contribution in [-0.4, -0.2) is 28.7 Å². The largest absolute Gasteiger partial charge is 0.497 e. The van der Waals surface area contributed by atoms with Gasteiger partial charge in [-0.15, -0.1) is 0 Å². The lowest BCUT2D eigenvalue weighted by Gasteiger charge is -2.30. The van der Waals surface area contributed by atoms with Gasteiger partial charge in [-0.1, -0.05) is 35.9 Å². The van der Waals surface area contributed by atoms with Crippen molar-refractivity contribution in [3.8, 4) is 5.75 Å². The molecule has 192 valence electrons. The Kier molecular flexibility index (Phi) is 6.89. The van der Waals surface area contributed by atoms with Crippen molar-refractivity contribution < 1.29 is 14.3 Å². The Morgan fingerprint density at radius 3 is 2.39 bits per heavy atom. The van der Waals surface area contributed by atoms with Crippen molar-refractivity contribution in [3.63, 3.8) is 0 Å². The van der Waals surface area contributed by atoms with Gasteiger partial charge in [0, 0.05) is 22.1 Å². The first-order chi connectivity index (χ1) is 18.3. The predicted molar refractivity (Wildman–Crippen MR) is 149 cm³/mol. The van der Waals surface area contributed by atoms with Gasteiger partial charge in [-0.3, -0.25) is 9.59 Å². The number of fused-ring (bicyclic) bond motifs is 1. The van der Waals surface area contributed by atoms with Crippen molar-refractivity contribution in [2.24, 2.45) is 0 Å². The molecule has 38 heavy (non-hydrogen) atoms. The lowest BCUT2D eigenvalue weighted by molar-refractivity contribution is -0.113. The van der Waals surface area contributed by atoms with Gasteiger partial charge in [0.25, 0.3) is 11.8 Å². The molecule has 0 bridgehead atoms. The minimum atomic E-state index is -0.622. The number of aromatic nitrogens is 2. The molecular weight excluding hydrogens is 502 g/mol. The van der Waals surface area contributed by atoms with Crippen molar-refractivity contribution in [1.82, 2.24) is 9.78 Å². The Hall–Kier alpha value is -4.56. The summed E-state index contributed by atoms with van der Waals surface area (Å²) in [5.41, 5.74) is 4.49. The zero-order chi connectivity index (χ0) is 26.8. The molecule has 1 atom stereocenters. The topological polar surface area (TPSA) is 97.3 Å². The fourth-order valence-electron chi connectivity index (χ4n) is 4.49. The average Bonchev–Trinajstić information content (AvgIpc) is 3.31. The number of allylic oxidation sites excluding steroid dienone is 1. The average molecular weight is 528 g/mol. The summed E-state index contributed by atoms with van der Waals surface area (Å²) in [5.74, 6) is 0.552. The highest BCUT2D eigenvalue weighted by molar-refractivity contribution is 6.30. The lowest BCUT2D eigenvalue weighted by atomic mass is 9.94. The number of aryl methyl sites for hydroxylation is 1. The van der Waals surface area contributed by atoms with Gasteiger partial charge < -0.3 is 20.7 Å². The van der Waals surface area contributed by atoms with Crippen molar-refractivity contribution in [1.29, 1.82) is 0 Å². The predicted octanol–water partition coefficient (Wildman–Crippen LogP) is 6.03. The number of carbonyl (C=O) groups excluding carboxylic acids is 2. The van der Waals surface area contributed by atoms with E-state index in [1.165, 1.54) is 6.20 Å². The van der Waals surface area contributed by atoms with E-state index in [0.717, 1.165) is 11.1 Å². The zero-order valence-corrected chi connectivity index (χ0v) is 21.8. The first-order valence-electron chi connectivity index (χ1n) is 12.0. The Balaban J connectivity index is 1.52. The van der Waals surface area contributed by atoms with E-state index in [4.69, 9.17) is 16.3 Å². The van der Waals surface area contributed by atoms with Crippen LogP contribution in [0.15, 0.2) is 90.3 Å². The molecule has 5 rings (SSSR count). The lowest BCUT2D eigenvalue weighted by Crippen LogP contribution is -2.32. The zero-order valence-electron chi connectivity index (χ0n) is 21.1. The highest BCUT2D eigenvalue weighted by atomic mass is 35.5. The molecule has 0 aliphatic carbocycles. The highest BCUT2D eigenvalue weighted by Gasteiger charge is 2.35. The van der Waals surface area contributed by atoms with Crippen molar-refractivity contribution in [2.75, 3.05) is 23.1 Å². The molecule has 0 fully saturated rings. The molecule has 1 aromatic heterocycles. The Labute approximate surface area is 225 Å². The molecule has 3 aromatic carbocycles. The van der Waals surface area contributed by atoms with Gasteiger partial charge >= 0.3 is 0 Å². The fraction of sp³-hybridized carbons (Fsp3) is 0.138. The second kappa shape index (κ2) is 10.4. The molecule has 1 aliphatic rings. The summed E-state index contributed by atoms with van der Waals surface area (Å²) in [4.78, 5) is 26.9. The van der Waals surface area contributed by atoms with Crippen LogP contribution >= 0.6 is 11.6 Å². The molecule has 8 nitrogen and oxygen atoms in total. The maximum atomic E-state index is 13.6. The summed E-state index contributed by atoms with van der Waals surface area (Å²) in [6, 6.07) is 21.3. The number of benzene rings is 3. The standard InChI is InChI=1S/C29H26ClN5O3/c1-17-6-4-9-22(14-17)34-28(36)24-16-31-35-26(19-7-5-8-20(30)15-19)25(18(2)32-27(24)35)29(37)33-21-10-12-23(38-3)13-11-21/h4-16,26,32H,1-3H3,(H,33,37)(H,34,36)/t26-/m0/s1. The van der Waals surface area contributed by atoms with Gasteiger partial charge in [0.15, 0.2) is 0 Å². The Bertz CT molecular complexity index is 1560. The van der Waals surface area contributed by atoms with E-state index < -0.39 is 6.04 Å². The van der Waals surface area contributed by atoms with Crippen LogP contribution in [0.25, 0.3) is 0 Å². The van der Waals surface area contributed by atoms with Crippen molar-refractivity contribution >= 4 is 40.6 Å². The Morgan fingerprint density at radius 2 is 1.68 bits per heavy atom. The van der Waals surface area contributed by atoms with Crippen molar-refractivity contribution in [3.05, 3.63) is 112 Å². The van der Waals surface area contributed by atoms with E-state index in [9.17, 15) is 9.59 Å². The maximum Gasteiger partial charge on any atom is 0.261 e. The second-order valence-corrected chi connectivity index (χ2v) is 9.42. The maximum absolute atomic E-state index is 13.6. The van der Waals surface area contributed by atoms with Crippen LogP contribution in [-0.2, 0) is 4.79 Å². The minimum Gasteiger partial charge on any atom is -0.497 e. The van der Waals surface area contributed by atoms with Crippen LogP contribution in [0.1, 0.15) is 34.5 Å². The van der Waals surface area contributed by atoms with Gasteiger partial charge in [0.05, 0.1) is 18.9 Å². The van der Waals surface area contributed by atoms with E-state index in [-0.39, 0.29) is 11.8 Å². The number of carbonyl (C=O) groups is 2. The third-order valence-electron chi connectivity index (χ3n) is 6.30. The molecule has 9 heteroatoms. The number of halogens is 1. The molecule has 0 unspecified atom stereocenters. The summed E-state index contributed by atoms with van der Waals surface area (Å²) in [5, 5.41) is 14.2. The number of hydrogen-bond donors (Lipinski definition) is 3. The van der Waals surface area contributed by atoms with E-state index in [1.54, 1.807) is 55.1 Å². The molecule has 0 saturated heterocycles. The fourth-order valence-corrected chi connectivity index (χ4v) is 4.69. The number of methoxy groups -OCH3 is 1. The van der Waals surface area contributed by atoms with Crippen molar-refractivity contribution in [2.45, 2.75) is 19.9 Å². The van der Waals surface area contributed by atoms with Gasteiger partial charge in [0.1, 0.15) is 23.2 Å². The van der Waals surface area contributed by atoms with Crippen LogP contribution in [0, 0.1) is 6.92 Å². The number of hydrogen-bond acceptors (Lipinski definition) is 5. The van der Waals surface area contributed by atoms with Gasteiger partial charge in [-0.05, 0) is 73.5 Å². The normalized spacial score (nSPS) is 14.4. The number of nitrogens with zero attached hydrogens (tertiary/aromatic N) is 2. The van der Waals surface area contributed by atoms with Gasteiger partial charge in [-0.25, -0.2) is 4.68 Å². The first-order valence-corrected chi connectivity index (χ1v) is 12.4. The minimum absolute atomic E-state index is 0.308. The molecule has 4 aromatic rings. The third-order valence-corrected chi connectivity index (χ3v) is 6.54.